The molecule has 1 aromatic rings. The van der Waals surface area contributed by atoms with Crippen LogP contribution in [-0.2, 0) is 23.9 Å². The lowest BCUT2D eigenvalue weighted by Crippen LogP contribution is -2.32. The van der Waals surface area contributed by atoms with Gasteiger partial charge in [0.2, 0.25) is 0 Å². The molecule has 0 radical (unpaired) electrons. The number of amides is 2. The van der Waals surface area contributed by atoms with Crippen molar-refractivity contribution in [2.45, 2.75) is 12.8 Å². The van der Waals surface area contributed by atoms with Gasteiger partial charge in [0.1, 0.15) is 12.3 Å². The Balaban J connectivity index is 1.53. The van der Waals surface area contributed by atoms with Gasteiger partial charge in [0.05, 0.1) is 0 Å². The molecule has 0 atom stereocenters. The van der Waals surface area contributed by atoms with Crippen LogP contribution in [0.25, 0.3) is 0 Å². The van der Waals surface area contributed by atoms with Gasteiger partial charge in [-0.05, 0) is 21.6 Å². The van der Waals surface area contributed by atoms with Gasteiger partial charge in [0, 0.05) is 25.2 Å². The summed E-state index contributed by atoms with van der Waals surface area (Å²) in [7, 11) is 2.21. The van der Waals surface area contributed by atoms with Gasteiger partial charge < -0.3 is 9.47 Å². The topological polar surface area (TPSA) is 117 Å². The summed E-state index contributed by atoms with van der Waals surface area (Å²) in [5.74, 6) is -1.24. The second-order valence-corrected chi connectivity index (χ2v) is 6.28. The molecule has 2 heterocycles. The molecule has 0 aromatic carbocycles. The average Bonchev–Trinajstić information content (AvgIpc) is 3.16. The van der Waals surface area contributed by atoms with Crippen molar-refractivity contribution in [3.63, 3.8) is 0 Å². The Morgan fingerprint density at radius 2 is 1.78 bits per heavy atom. The molecule has 0 unspecified atom stereocenters. The van der Waals surface area contributed by atoms with Crippen LogP contribution in [0.2, 0.25) is 0 Å². The van der Waals surface area contributed by atoms with Crippen LogP contribution >= 0.6 is 21.6 Å². The molecular formula is C11H11N3O7S2. The smallest absolute Gasteiger partial charge is 0.437 e. The summed E-state index contributed by atoms with van der Waals surface area (Å²) < 4.78 is 10.7. The number of hydrogen-bond donors (Lipinski definition) is 0. The molecular weight excluding hydrogens is 350 g/mol. The zero-order chi connectivity index (χ0) is 16.7. The van der Waals surface area contributed by atoms with Crippen LogP contribution in [0.5, 0.6) is 0 Å². The Bertz CT molecular complexity index is 576. The zero-order valence-electron chi connectivity index (χ0n) is 11.6. The lowest BCUT2D eigenvalue weighted by atomic mass is 10.4. The molecule has 0 N–H and O–H groups in total. The Hall–Kier alpha value is -2.21. The van der Waals surface area contributed by atoms with Crippen LogP contribution in [0.1, 0.15) is 12.8 Å². The normalized spacial score (nSPS) is 14.0. The summed E-state index contributed by atoms with van der Waals surface area (Å²) in [6.45, 7) is 0. The highest BCUT2D eigenvalue weighted by Crippen LogP contribution is 2.22. The van der Waals surface area contributed by atoms with Crippen molar-refractivity contribution < 1.29 is 33.5 Å². The molecule has 23 heavy (non-hydrogen) atoms. The fourth-order valence-electron chi connectivity index (χ4n) is 1.42. The molecule has 2 amide bonds. The van der Waals surface area contributed by atoms with E-state index < -0.39 is 24.1 Å². The van der Waals surface area contributed by atoms with E-state index in [-0.39, 0.29) is 24.7 Å². The summed E-state index contributed by atoms with van der Waals surface area (Å²) in [5.41, 5.74) is 0. The molecule has 0 aliphatic carbocycles. The number of imidazole rings is 1. The molecule has 2 rings (SSSR count). The minimum atomic E-state index is -1.16. The molecule has 0 bridgehead atoms. The number of carbonyl (C=O) groups is 4. The van der Waals surface area contributed by atoms with E-state index in [2.05, 4.69) is 14.6 Å². The van der Waals surface area contributed by atoms with E-state index in [1.165, 1.54) is 23.3 Å². The summed E-state index contributed by atoms with van der Waals surface area (Å²) in [4.78, 5) is 53.3. The SMILES string of the molecule is O=C(OCSSCOC(=O)n1ccnc1)ON1C(=O)CCC1=O. The molecule has 12 heteroatoms. The van der Waals surface area contributed by atoms with Crippen LogP contribution in [0, 0.1) is 0 Å². The third-order valence-corrected chi connectivity index (χ3v) is 4.10. The van der Waals surface area contributed by atoms with Crippen LogP contribution in [0.4, 0.5) is 9.59 Å². The predicted octanol–water partition coefficient (Wildman–Crippen LogP) is 1.38. The van der Waals surface area contributed by atoms with E-state index >= 15 is 0 Å². The van der Waals surface area contributed by atoms with Gasteiger partial charge >= 0.3 is 12.2 Å². The maximum absolute atomic E-state index is 11.4. The predicted molar refractivity (Wildman–Crippen MR) is 77.7 cm³/mol. The first kappa shape index (κ1) is 17.1. The molecule has 0 saturated carbocycles. The monoisotopic (exact) mass is 361 g/mol. The molecule has 1 fully saturated rings. The number of hydroxylamine groups is 2. The number of aromatic nitrogens is 2. The first-order chi connectivity index (χ1) is 11.1. The first-order valence-electron chi connectivity index (χ1n) is 6.18. The largest absolute Gasteiger partial charge is 0.534 e. The van der Waals surface area contributed by atoms with Gasteiger partial charge in [-0.2, -0.15) is 0 Å². The molecule has 0 spiro atoms. The van der Waals surface area contributed by atoms with E-state index in [1.807, 2.05) is 0 Å². The quantitative estimate of drug-likeness (QED) is 0.242. The van der Waals surface area contributed by atoms with Crippen LogP contribution in [0.3, 0.4) is 0 Å². The maximum Gasteiger partial charge on any atom is 0.534 e. The van der Waals surface area contributed by atoms with Gasteiger partial charge in [0.25, 0.3) is 11.8 Å². The summed E-state index contributed by atoms with van der Waals surface area (Å²) >= 11 is 0. The van der Waals surface area contributed by atoms with Crippen molar-refractivity contribution in [2.75, 3.05) is 11.9 Å². The van der Waals surface area contributed by atoms with Crippen molar-refractivity contribution in [3.8, 4) is 0 Å². The number of nitrogens with zero attached hydrogens (tertiary/aromatic N) is 3. The highest BCUT2D eigenvalue weighted by molar-refractivity contribution is 8.76. The van der Waals surface area contributed by atoms with Crippen molar-refractivity contribution in [1.82, 2.24) is 14.6 Å². The number of rotatable bonds is 6. The zero-order valence-corrected chi connectivity index (χ0v) is 13.2. The van der Waals surface area contributed by atoms with Gasteiger partial charge in [-0.3, -0.25) is 14.4 Å². The lowest BCUT2D eigenvalue weighted by molar-refractivity contribution is -0.176. The Kier molecular flexibility index (Phi) is 6.29. The number of carbonyl (C=O) groups excluding carboxylic acids is 4. The minimum Gasteiger partial charge on any atom is -0.437 e. The van der Waals surface area contributed by atoms with Gasteiger partial charge in [-0.15, -0.1) is 0 Å². The third kappa shape index (κ3) is 5.17. The Morgan fingerprint density at radius 1 is 1.13 bits per heavy atom. The molecule has 1 saturated heterocycles. The van der Waals surface area contributed by atoms with E-state index in [9.17, 15) is 19.2 Å². The van der Waals surface area contributed by atoms with Crippen LogP contribution < -0.4 is 0 Å². The van der Waals surface area contributed by atoms with E-state index in [0.717, 1.165) is 21.6 Å². The fourth-order valence-corrected chi connectivity index (χ4v) is 2.54. The number of imide groups is 1. The van der Waals surface area contributed by atoms with Crippen LogP contribution in [0.15, 0.2) is 18.7 Å². The van der Waals surface area contributed by atoms with E-state index in [1.54, 1.807) is 0 Å². The molecule has 1 aromatic heterocycles. The van der Waals surface area contributed by atoms with Gasteiger partial charge in [-0.1, -0.05) is 5.06 Å². The molecule has 1 aliphatic rings. The van der Waals surface area contributed by atoms with E-state index in [4.69, 9.17) is 4.74 Å². The minimum absolute atomic E-state index is 0.0129. The van der Waals surface area contributed by atoms with Gasteiger partial charge in [0.15, 0.2) is 5.94 Å². The van der Waals surface area contributed by atoms with Crippen molar-refractivity contribution in [2.24, 2.45) is 0 Å². The molecule has 1 aliphatic heterocycles. The number of ether oxygens (including phenoxy) is 2. The highest BCUT2D eigenvalue weighted by atomic mass is 33.1. The Morgan fingerprint density at radius 3 is 2.39 bits per heavy atom. The third-order valence-electron chi connectivity index (χ3n) is 2.43. The Labute approximate surface area is 137 Å². The standard InChI is InChI=1S/C11H11N3O7S2/c15-8-1-2-9(16)14(8)21-11(18)20-7-23-22-6-19-10(17)13-4-3-12-5-13/h3-5H,1-2,6-7H2. The fraction of sp³-hybridized carbons (Fsp3) is 0.364. The van der Waals surface area contributed by atoms with Crippen molar-refractivity contribution >= 4 is 45.7 Å². The second-order valence-electron chi connectivity index (χ2n) is 3.92. The molecule has 10 nitrogen and oxygen atoms in total. The first-order valence-corrected chi connectivity index (χ1v) is 8.66. The average molecular weight is 361 g/mol. The van der Waals surface area contributed by atoms with Crippen molar-refractivity contribution in [3.05, 3.63) is 18.7 Å². The lowest BCUT2D eigenvalue weighted by Gasteiger charge is -2.11. The van der Waals surface area contributed by atoms with E-state index in [0.29, 0.717) is 5.06 Å². The summed E-state index contributed by atoms with van der Waals surface area (Å²) in [6, 6.07) is 0. The maximum atomic E-state index is 11.4. The van der Waals surface area contributed by atoms with Crippen LogP contribution in [-0.4, -0.2) is 50.6 Å². The van der Waals surface area contributed by atoms with Crippen molar-refractivity contribution in [1.29, 1.82) is 0 Å². The second kappa shape index (κ2) is 8.43. The summed E-state index contributed by atoms with van der Waals surface area (Å²) in [5, 5.41) is 0.396. The molecule has 124 valence electrons. The number of hydrogen-bond acceptors (Lipinski definition) is 10. The van der Waals surface area contributed by atoms with Gasteiger partial charge in [-0.25, -0.2) is 19.1 Å². The highest BCUT2D eigenvalue weighted by Gasteiger charge is 2.33. The summed E-state index contributed by atoms with van der Waals surface area (Å²) in [6.07, 6.45) is 2.48.